The van der Waals surface area contributed by atoms with E-state index in [4.69, 9.17) is 23.8 Å². The molecule has 2 amide bonds. The minimum Gasteiger partial charge on any atom is -0.326 e. The molecule has 1 N–H and O–H groups in total. The average Bonchev–Trinajstić information content (AvgIpc) is 2.91. The summed E-state index contributed by atoms with van der Waals surface area (Å²) in [5.74, 6) is -0.230. The van der Waals surface area contributed by atoms with Crippen LogP contribution in [-0.4, -0.2) is 27.6 Å². The summed E-state index contributed by atoms with van der Waals surface area (Å²) in [5.41, 5.74) is 1.55. The second-order valence-corrected chi connectivity index (χ2v) is 9.35. The quantitative estimate of drug-likeness (QED) is 0.295. The van der Waals surface area contributed by atoms with Crippen molar-refractivity contribution in [3.8, 4) is 0 Å². The zero-order valence-corrected chi connectivity index (χ0v) is 19.2. The van der Waals surface area contributed by atoms with Gasteiger partial charge in [-0.25, -0.2) is 0 Å². The third-order valence-electron chi connectivity index (χ3n) is 3.96. The lowest BCUT2D eigenvalue weighted by Gasteiger charge is -2.14. The summed E-state index contributed by atoms with van der Waals surface area (Å²) in [6.45, 7) is 0.407. The summed E-state index contributed by atoms with van der Waals surface area (Å²) in [7, 11) is 0. The normalized spacial score (nSPS) is 15.4. The molecule has 2 aromatic carbocycles. The van der Waals surface area contributed by atoms with Gasteiger partial charge in [0.05, 0.1) is 4.91 Å². The van der Waals surface area contributed by atoms with Crippen molar-refractivity contribution < 1.29 is 9.59 Å². The van der Waals surface area contributed by atoms with E-state index in [0.29, 0.717) is 33.6 Å². The number of thiocarbonyl (C=S) groups is 1. The smallest absolute Gasteiger partial charge is 0.266 e. The van der Waals surface area contributed by atoms with Crippen LogP contribution in [0, 0.1) is 3.57 Å². The van der Waals surface area contributed by atoms with Crippen LogP contribution in [-0.2, 0) is 9.59 Å². The van der Waals surface area contributed by atoms with Gasteiger partial charge in [0.15, 0.2) is 0 Å². The Morgan fingerprint density at radius 3 is 2.79 bits per heavy atom. The lowest BCUT2D eigenvalue weighted by atomic mass is 10.2. The minimum atomic E-state index is -0.145. The number of thioether (sulfide) groups is 1. The summed E-state index contributed by atoms with van der Waals surface area (Å²) >= 11 is 15.0. The molecule has 8 heteroatoms. The van der Waals surface area contributed by atoms with Gasteiger partial charge in [0.25, 0.3) is 5.91 Å². The van der Waals surface area contributed by atoms with E-state index in [1.165, 1.54) is 11.8 Å². The Morgan fingerprint density at radius 2 is 2.04 bits per heavy atom. The Labute approximate surface area is 191 Å². The molecule has 1 saturated heterocycles. The first kappa shape index (κ1) is 21.3. The fourth-order valence-electron chi connectivity index (χ4n) is 2.61. The first-order chi connectivity index (χ1) is 13.4. The van der Waals surface area contributed by atoms with E-state index in [-0.39, 0.29) is 11.8 Å². The number of nitrogens with zero attached hydrogens (tertiary/aromatic N) is 1. The Kier molecular flexibility index (Phi) is 7.50. The van der Waals surface area contributed by atoms with Crippen LogP contribution < -0.4 is 5.32 Å². The van der Waals surface area contributed by atoms with Gasteiger partial charge in [-0.15, -0.1) is 0 Å². The van der Waals surface area contributed by atoms with Gasteiger partial charge in [-0.1, -0.05) is 59.8 Å². The number of rotatable bonds is 6. The number of anilines is 1. The summed E-state index contributed by atoms with van der Waals surface area (Å²) in [6, 6.07) is 14.9. The van der Waals surface area contributed by atoms with Crippen molar-refractivity contribution in [3.63, 3.8) is 0 Å². The Bertz CT molecular complexity index is 965. The number of carbonyl (C=O) groups excluding carboxylic acids is 2. The molecule has 0 atom stereocenters. The lowest BCUT2D eigenvalue weighted by Crippen LogP contribution is -2.29. The molecular formula is C20H16ClIN2O2S2. The predicted octanol–water partition coefficient (Wildman–Crippen LogP) is 5.56. The summed E-state index contributed by atoms with van der Waals surface area (Å²) in [5, 5.41) is 3.45. The highest BCUT2D eigenvalue weighted by Gasteiger charge is 2.31. The van der Waals surface area contributed by atoms with E-state index in [9.17, 15) is 9.59 Å². The van der Waals surface area contributed by atoms with Gasteiger partial charge < -0.3 is 5.32 Å². The first-order valence-electron chi connectivity index (χ1n) is 8.49. The Morgan fingerprint density at radius 1 is 1.25 bits per heavy atom. The fourth-order valence-corrected chi connectivity index (χ4v) is 4.65. The maximum Gasteiger partial charge on any atom is 0.266 e. The van der Waals surface area contributed by atoms with Crippen LogP contribution in [0.3, 0.4) is 0 Å². The Balaban J connectivity index is 1.55. The van der Waals surface area contributed by atoms with Gasteiger partial charge in [0.2, 0.25) is 5.91 Å². The topological polar surface area (TPSA) is 49.4 Å². The van der Waals surface area contributed by atoms with Gasteiger partial charge in [0.1, 0.15) is 4.32 Å². The molecule has 28 heavy (non-hydrogen) atoms. The molecule has 0 saturated carbocycles. The van der Waals surface area contributed by atoms with Gasteiger partial charge >= 0.3 is 0 Å². The molecule has 0 aromatic heterocycles. The molecule has 2 aromatic rings. The van der Waals surface area contributed by atoms with Crippen molar-refractivity contribution in [2.75, 3.05) is 11.9 Å². The highest BCUT2D eigenvalue weighted by Crippen LogP contribution is 2.33. The third kappa shape index (κ3) is 5.56. The number of nitrogens with one attached hydrogen (secondary N) is 1. The van der Waals surface area contributed by atoms with Gasteiger partial charge in [-0.05, 0) is 64.9 Å². The maximum atomic E-state index is 12.6. The SMILES string of the molecule is O=C(CCCN1C(=O)C(=Cc2ccccc2Cl)SC1=S)Nc1cccc(I)c1. The van der Waals surface area contributed by atoms with Crippen molar-refractivity contribution in [2.24, 2.45) is 0 Å². The Hall–Kier alpha value is -1.42. The molecule has 1 aliphatic rings. The van der Waals surface area contributed by atoms with Crippen LogP contribution in [0.1, 0.15) is 18.4 Å². The van der Waals surface area contributed by atoms with Crippen LogP contribution in [0.5, 0.6) is 0 Å². The van der Waals surface area contributed by atoms with E-state index < -0.39 is 0 Å². The van der Waals surface area contributed by atoms with Crippen LogP contribution in [0.25, 0.3) is 6.08 Å². The summed E-state index contributed by atoms with van der Waals surface area (Å²) in [6.07, 6.45) is 2.60. The summed E-state index contributed by atoms with van der Waals surface area (Å²) < 4.78 is 1.56. The second-order valence-electron chi connectivity index (χ2n) is 6.02. The maximum absolute atomic E-state index is 12.6. The van der Waals surface area contributed by atoms with Crippen LogP contribution in [0.2, 0.25) is 5.02 Å². The molecule has 0 spiro atoms. The van der Waals surface area contributed by atoms with Gasteiger partial charge in [-0.2, -0.15) is 0 Å². The number of carbonyl (C=O) groups is 2. The highest BCUT2D eigenvalue weighted by atomic mass is 127. The van der Waals surface area contributed by atoms with Gasteiger partial charge in [0, 0.05) is 27.2 Å². The number of benzene rings is 2. The lowest BCUT2D eigenvalue weighted by molar-refractivity contribution is -0.122. The number of halogens is 2. The highest BCUT2D eigenvalue weighted by molar-refractivity contribution is 14.1. The molecule has 0 unspecified atom stereocenters. The number of hydrogen-bond donors (Lipinski definition) is 1. The van der Waals surface area contributed by atoms with E-state index in [1.807, 2.05) is 42.5 Å². The van der Waals surface area contributed by atoms with Crippen molar-refractivity contribution in [1.29, 1.82) is 0 Å². The molecule has 1 heterocycles. The van der Waals surface area contributed by atoms with E-state index in [2.05, 4.69) is 27.9 Å². The molecule has 4 nitrogen and oxygen atoms in total. The first-order valence-corrected chi connectivity index (χ1v) is 11.2. The molecular weight excluding hydrogens is 527 g/mol. The van der Waals surface area contributed by atoms with E-state index in [1.54, 1.807) is 17.0 Å². The molecule has 1 fully saturated rings. The second kappa shape index (κ2) is 9.87. The molecule has 0 bridgehead atoms. The zero-order valence-electron chi connectivity index (χ0n) is 14.7. The number of hydrogen-bond acceptors (Lipinski definition) is 4. The standard InChI is InChI=1S/C20H16ClIN2O2S2/c21-16-8-2-1-5-13(16)11-17-19(26)24(20(27)28-17)10-4-9-18(25)23-15-7-3-6-14(22)12-15/h1-3,5-8,11-12H,4,9-10H2,(H,23,25). The summed E-state index contributed by atoms with van der Waals surface area (Å²) in [4.78, 5) is 26.8. The van der Waals surface area contributed by atoms with Crippen molar-refractivity contribution in [1.82, 2.24) is 4.90 Å². The zero-order chi connectivity index (χ0) is 20.1. The largest absolute Gasteiger partial charge is 0.326 e. The number of amides is 2. The van der Waals surface area contributed by atoms with Crippen LogP contribution >= 0.6 is 58.2 Å². The van der Waals surface area contributed by atoms with Gasteiger partial charge in [-0.3, -0.25) is 14.5 Å². The fraction of sp³-hybridized carbons (Fsp3) is 0.150. The molecule has 144 valence electrons. The minimum absolute atomic E-state index is 0.0842. The van der Waals surface area contributed by atoms with Crippen molar-refractivity contribution in [2.45, 2.75) is 12.8 Å². The van der Waals surface area contributed by atoms with E-state index >= 15 is 0 Å². The molecule has 0 aliphatic carbocycles. The average molecular weight is 543 g/mol. The third-order valence-corrected chi connectivity index (χ3v) is 6.35. The molecule has 0 radical (unpaired) electrons. The van der Waals surface area contributed by atoms with E-state index in [0.717, 1.165) is 14.8 Å². The molecule has 3 rings (SSSR count). The monoisotopic (exact) mass is 542 g/mol. The van der Waals surface area contributed by atoms with Crippen LogP contribution in [0.15, 0.2) is 53.4 Å². The molecule has 1 aliphatic heterocycles. The van der Waals surface area contributed by atoms with Crippen molar-refractivity contribution in [3.05, 3.63) is 67.6 Å². The predicted molar refractivity (Wildman–Crippen MR) is 128 cm³/mol. The van der Waals surface area contributed by atoms with Crippen molar-refractivity contribution >= 4 is 86.1 Å². The van der Waals surface area contributed by atoms with Crippen LogP contribution in [0.4, 0.5) is 5.69 Å².